The Kier molecular flexibility index (Phi) is 5.67. The molecule has 0 aliphatic rings. The summed E-state index contributed by atoms with van der Waals surface area (Å²) in [5, 5.41) is 2.64. The molecule has 0 heterocycles. The maximum atomic E-state index is 14.0. The van der Waals surface area contributed by atoms with Crippen LogP contribution in [0.3, 0.4) is 0 Å². The van der Waals surface area contributed by atoms with Crippen molar-refractivity contribution in [3.05, 3.63) is 35.4 Å². The van der Waals surface area contributed by atoms with Crippen molar-refractivity contribution in [2.24, 2.45) is 5.41 Å². The molecule has 1 amide bonds. The van der Waals surface area contributed by atoms with E-state index in [1.807, 2.05) is 0 Å². The molecule has 1 aromatic rings. The number of hydrogen-bond acceptors (Lipinski definition) is 3. The van der Waals surface area contributed by atoms with E-state index >= 15 is 0 Å². The lowest BCUT2D eigenvalue weighted by Crippen LogP contribution is -2.37. The zero-order chi connectivity index (χ0) is 17.1. The predicted molar refractivity (Wildman–Crippen MR) is 81.0 cm³/mol. The number of halogens is 2. The Hall–Kier alpha value is -1.50. The van der Waals surface area contributed by atoms with Crippen molar-refractivity contribution in [1.29, 1.82) is 0 Å². The van der Waals surface area contributed by atoms with Gasteiger partial charge in [0, 0.05) is 24.3 Å². The Labute approximate surface area is 129 Å². The molecule has 0 aliphatic heterocycles. The number of carbonyl (C=O) groups is 1. The van der Waals surface area contributed by atoms with Crippen LogP contribution in [0.1, 0.15) is 38.8 Å². The van der Waals surface area contributed by atoms with Crippen LogP contribution in [0.25, 0.3) is 0 Å². The second kappa shape index (κ2) is 6.73. The third-order valence-corrected chi connectivity index (χ3v) is 4.09. The average molecular weight is 333 g/mol. The summed E-state index contributed by atoms with van der Waals surface area (Å²) in [4.78, 5) is 11.9. The van der Waals surface area contributed by atoms with Crippen LogP contribution in [-0.2, 0) is 14.6 Å². The first-order valence-corrected chi connectivity index (χ1v) is 8.88. The maximum absolute atomic E-state index is 14.0. The third kappa shape index (κ3) is 5.71. The molecule has 0 unspecified atom stereocenters. The number of carbonyl (C=O) groups excluding carboxylic acids is 1. The van der Waals surface area contributed by atoms with Gasteiger partial charge in [0.1, 0.15) is 21.5 Å². The van der Waals surface area contributed by atoms with E-state index in [2.05, 4.69) is 5.32 Å². The summed E-state index contributed by atoms with van der Waals surface area (Å²) in [6.45, 7) is 5.41. The SMILES string of the molecule is CC(C)(C)[C@H](NC(=O)CCS(C)(=O)=O)c1ccc(F)cc1F. The number of benzene rings is 1. The molecule has 0 bridgehead atoms. The van der Waals surface area contributed by atoms with Crippen LogP contribution in [-0.4, -0.2) is 26.3 Å². The molecular formula is C15H21F2NO3S. The molecular weight excluding hydrogens is 312 g/mol. The highest BCUT2D eigenvalue weighted by Crippen LogP contribution is 2.34. The molecule has 22 heavy (non-hydrogen) atoms. The molecule has 1 rings (SSSR count). The zero-order valence-corrected chi connectivity index (χ0v) is 13.9. The lowest BCUT2D eigenvalue weighted by atomic mass is 9.82. The van der Waals surface area contributed by atoms with E-state index in [0.717, 1.165) is 18.4 Å². The van der Waals surface area contributed by atoms with Crippen LogP contribution in [0.4, 0.5) is 8.78 Å². The largest absolute Gasteiger partial charge is 0.349 e. The summed E-state index contributed by atoms with van der Waals surface area (Å²) in [7, 11) is -3.25. The summed E-state index contributed by atoms with van der Waals surface area (Å²) in [5.74, 6) is -2.21. The van der Waals surface area contributed by atoms with Gasteiger partial charge in [-0.25, -0.2) is 17.2 Å². The summed E-state index contributed by atoms with van der Waals surface area (Å²) in [6.07, 6.45) is 0.843. The van der Waals surface area contributed by atoms with Crippen molar-refractivity contribution in [1.82, 2.24) is 5.32 Å². The monoisotopic (exact) mass is 333 g/mol. The van der Waals surface area contributed by atoms with E-state index in [1.165, 1.54) is 6.07 Å². The second-order valence-electron chi connectivity index (χ2n) is 6.41. The lowest BCUT2D eigenvalue weighted by Gasteiger charge is -2.32. The van der Waals surface area contributed by atoms with Crippen LogP contribution in [0.2, 0.25) is 0 Å². The summed E-state index contributed by atoms with van der Waals surface area (Å²) in [5.41, 5.74) is -0.360. The van der Waals surface area contributed by atoms with Crippen molar-refractivity contribution in [2.75, 3.05) is 12.0 Å². The minimum atomic E-state index is -3.25. The fraction of sp³-hybridized carbons (Fsp3) is 0.533. The molecule has 1 atom stereocenters. The third-order valence-electron chi connectivity index (χ3n) is 3.14. The van der Waals surface area contributed by atoms with Gasteiger partial charge in [0.25, 0.3) is 0 Å². The van der Waals surface area contributed by atoms with Gasteiger partial charge < -0.3 is 5.32 Å². The first-order valence-electron chi connectivity index (χ1n) is 6.82. The van der Waals surface area contributed by atoms with Crippen molar-refractivity contribution >= 4 is 15.7 Å². The van der Waals surface area contributed by atoms with Gasteiger partial charge in [-0.1, -0.05) is 26.8 Å². The molecule has 0 aliphatic carbocycles. The highest BCUT2D eigenvalue weighted by Gasteiger charge is 2.30. The standard InChI is InChI=1S/C15H21F2NO3S/c1-15(2,3)14(11-6-5-10(16)9-12(11)17)18-13(19)7-8-22(4,20)21/h5-6,9,14H,7-8H2,1-4H3,(H,18,19)/t14-/m1/s1. The van der Waals surface area contributed by atoms with Gasteiger partial charge in [0.15, 0.2) is 0 Å². The fourth-order valence-electron chi connectivity index (χ4n) is 2.01. The lowest BCUT2D eigenvalue weighted by molar-refractivity contribution is -0.122. The quantitative estimate of drug-likeness (QED) is 0.901. The van der Waals surface area contributed by atoms with Crippen molar-refractivity contribution in [3.8, 4) is 0 Å². The molecule has 7 heteroatoms. The number of nitrogens with one attached hydrogen (secondary N) is 1. The average Bonchev–Trinajstić information content (AvgIpc) is 2.32. The maximum Gasteiger partial charge on any atom is 0.221 e. The van der Waals surface area contributed by atoms with E-state index in [4.69, 9.17) is 0 Å². The van der Waals surface area contributed by atoms with Crippen molar-refractivity contribution < 1.29 is 22.0 Å². The predicted octanol–water partition coefficient (Wildman–Crippen LogP) is 2.60. The molecule has 0 aromatic heterocycles. The molecule has 0 saturated carbocycles. The number of amides is 1. The summed E-state index contributed by atoms with van der Waals surface area (Å²) in [6, 6.07) is 2.48. The number of rotatable bonds is 5. The van der Waals surface area contributed by atoms with Gasteiger partial charge in [-0.2, -0.15) is 0 Å². The van der Waals surface area contributed by atoms with Gasteiger partial charge in [-0.15, -0.1) is 0 Å². The van der Waals surface area contributed by atoms with E-state index < -0.39 is 38.8 Å². The molecule has 124 valence electrons. The minimum absolute atomic E-state index is 0.168. The van der Waals surface area contributed by atoms with E-state index in [-0.39, 0.29) is 17.7 Å². The Morgan fingerprint density at radius 1 is 1.27 bits per heavy atom. The second-order valence-corrected chi connectivity index (χ2v) is 8.67. The van der Waals surface area contributed by atoms with E-state index in [0.29, 0.717) is 0 Å². The van der Waals surface area contributed by atoms with Gasteiger partial charge in [-0.05, 0) is 11.5 Å². The molecule has 1 aromatic carbocycles. The smallest absolute Gasteiger partial charge is 0.221 e. The van der Waals surface area contributed by atoms with E-state index in [1.54, 1.807) is 20.8 Å². The molecule has 0 radical (unpaired) electrons. The molecule has 0 spiro atoms. The molecule has 0 fully saturated rings. The number of hydrogen-bond donors (Lipinski definition) is 1. The zero-order valence-electron chi connectivity index (χ0n) is 13.1. The van der Waals surface area contributed by atoms with Crippen LogP contribution in [0, 0.1) is 17.0 Å². The van der Waals surface area contributed by atoms with E-state index in [9.17, 15) is 22.0 Å². The Balaban J connectivity index is 2.98. The Morgan fingerprint density at radius 3 is 2.32 bits per heavy atom. The van der Waals surface area contributed by atoms with Gasteiger partial charge in [0.05, 0.1) is 11.8 Å². The first kappa shape index (κ1) is 18.5. The highest BCUT2D eigenvalue weighted by molar-refractivity contribution is 7.90. The van der Waals surface area contributed by atoms with Crippen LogP contribution < -0.4 is 5.32 Å². The topological polar surface area (TPSA) is 63.2 Å². The number of sulfone groups is 1. The molecule has 0 saturated heterocycles. The highest BCUT2D eigenvalue weighted by atomic mass is 32.2. The minimum Gasteiger partial charge on any atom is -0.349 e. The normalized spacial score (nSPS) is 13.7. The van der Waals surface area contributed by atoms with Gasteiger partial charge in [0.2, 0.25) is 5.91 Å². The molecule has 1 N–H and O–H groups in total. The Bertz CT molecular complexity index is 651. The van der Waals surface area contributed by atoms with Gasteiger partial charge in [-0.3, -0.25) is 4.79 Å². The van der Waals surface area contributed by atoms with Gasteiger partial charge >= 0.3 is 0 Å². The van der Waals surface area contributed by atoms with Crippen molar-refractivity contribution in [3.63, 3.8) is 0 Å². The first-order chi connectivity index (χ1) is 9.90. The fourth-order valence-corrected chi connectivity index (χ4v) is 2.56. The Morgan fingerprint density at radius 2 is 1.86 bits per heavy atom. The summed E-state index contributed by atoms with van der Waals surface area (Å²) < 4.78 is 49.2. The van der Waals surface area contributed by atoms with Crippen LogP contribution >= 0.6 is 0 Å². The van der Waals surface area contributed by atoms with Crippen LogP contribution in [0.5, 0.6) is 0 Å². The molecule has 4 nitrogen and oxygen atoms in total. The van der Waals surface area contributed by atoms with Crippen LogP contribution in [0.15, 0.2) is 18.2 Å². The summed E-state index contributed by atoms with van der Waals surface area (Å²) >= 11 is 0. The van der Waals surface area contributed by atoms with Crippen molar-refractivity contribution in [2.45, 2.75) is 33.2 Å².